The number of amides is 2. The number of carbonyl (C=O) groups is 2. The zero-order chi connectivity index (χ0) is 22.0. The molecule has 0 saturated carbocycles. The van der Waals surface area contributed by atoms with Crippen molar-refractivity contribution in [2.45, 2.75) is 18.7 Å². The Morgan fingerprint density at radius 2 is 1.48 bits per heavy atom. The molecule has 0 spiro atoms. The maximum atomic E-state index is 13.4. The van der Waals surface area contributed by atoms with Crippen LogP contribution in [0.3, 0.4) is 0 Å². The number of thioether (sulfide) groups is 1. The molecule has 1 heterocycles. The topological polar surface area (TPSA) is 58.6 Å². The quantitative estimate of drug-likeness (QED) is 0.538. The summed E-state index contributed by atoms with van der Waals surface area (Å²) in [5, 5.41) is 3.22. The molecule has 6 heteroatoms. The Hall–Kier alpha value is -3.51. The number of nitrogens with zero attached hydrogens (tertiary/aromatic N) is 1. The van der Waals surface area contributed by atoms with E-state index in [0.717, 1.165) is 21.7 Å². The van der Waals surface area contributed by atoms with Crippen molar-refractivity contribution in [1.82, 2.24) is 0 Å². The fraction of sp³-hybridized carbons (Fsp3) is 0.120. The van der Waals surface area contributed by atoms with Gasteiger partial charge in [-0.15, -0.1) is 0 Å². The fourth-order valence-electron chi connectivity index (χ4n) is 3.48. The van der Waals surface area contributed by atoms with E-state index in [9.17, 15) is 9.59 Å². The van der Waals surface area contributed by atoms with Gasteiger partial charge >= 0.3 is 0 Å². The van der Waals surface area contributed by atoms with Crippen LogP contribution in [0.1, 0.15) is 11.1 Å². The number of benzene rings is 3. The molecule has 0 unspecified atom stereocenters. The van der Waals surface area contributed by atoms with Crippen molar-refractivity contribution in [3.05, 3.63) is 94.5 Å². The summed E-state index contributed by atoms with van der Waals surface area (Å²) in [4.78, 5) is 29.2. The summed E-state index contributed by atoms with van der Waals surface area (Å²) in [5.41, 5.74) is 3.70. The van der Waals surface area contributed by atoms with E-state index in [4.69, 9.17) is 4.74 Å². The van der Waals surface area contributed by atoms with Crippen LogP contribution in [0.15, 0.2) is 88.3 Å². The third-order valence-corrected chi connectivity index (χ3v) is 5.92. The van der Waals surface area contributed by atoms with Crippen molar-refractivity contribution in [3.8, 4) is 5.75 Å². The molecule has 3 aromatic rings. The van der Waals surface area contributed by atoms with Crippen LogP contribution in [0.5, 0.6) is 5.75 Å². The molecule has 0 saturated heterocycles. The summed E-state index contributed by atoms with van der Waals surface area (Å²) in [7, 11) is 1.57. The van der Waals surface area contributed by atoms with Gasteiger partial charge in [0.2, 0.25) is 0 Å². The minimum absolute atomic E-state index is 0.277. The number of imide groups is 1. The first-order valence-electron chi connectivity index (χ1n) is 9.81. The van der Waals surface area contributed by atoms with Gasteiger partial charge in [-0.25, -0.2) is 4.90 Å². The lowest BCUT2D eigenvalue weighted by atomic mass is 10.1. The number of methoxy groups -OCH3 is 1. The lowest BCUT2D eigenvalue weighted by Gasteiger charge is -2.16. The van der Waals surface area contributed by atoms with Gasteiger partial charge in [-0.3, -0.25) is 9.59 Å². The highest BCUT2D eigenvalue weighted by molar-refractivity contribution is 8.04. The molecule has 0 radical (unpaired) electrons. The van der Waals surface area contributed by atoms with E-state index in [1.165, 1.54) is 16.7 Å². The Morgan fingerprint density at radius 1 is 0.839 bits per heavy atom. The van der Waals surface area contributed by atoms with E-state index in [1.54, 1.807) is 31.4 Å². The molecule has 5 nitrogen and oxygen atoms in total. The van der Waals surface area contributed by atoms with E-state index in [-0.39, 0.29) is 17.5 Å². The molecule has 4 rings (SSSR count). The van der Waals surface area contributed by atoms with Gasteiger partial charge in [0.25, 0.3) is 11.8 Å². The second-order valence-corrected chi connectivity index (χ2v) is 8.35. The Balaban J connectivity index is 1.74. The molecule has 1 N–H and O–H groups in total. The van der Waals surface area contributed by atoms with Gasteiger partial charge in [0.05, 0.1) is 12.8 Å². The Labute approximate surface area is 185 Å². The first-order valence-corrected chi connectivity index (χ1v) is 10.6. The average molecular weight is 431 g/mol. The van der Waals surface area contributed by atoms with Gasteiger partial charge in [-0.1, -0.05) is 36.0 Å². The summed E-state index contributed by atoms with van der Waals surface area (Å²) < 4.78 is 5.19. The minimum Gasteiger partial charge on any atom is -0.497 e. The average Bonchev–Trinajstić information content (AvgIpc) is 2.98. The first kappa shape index (κ1) is 20.8. The lowest BCUT2D eigenvalue weighted by Crippen LogP contribution is -2.32. The zero-order valence-electron chi connectivity index (χ0n) is 17.5. The fourth-order valence-corrected chi connectivity index (χ4v) is 4.43. The van der Waals surface area contributed by atoms with Gasteiger partial charge in [-0.2, -0.15) is 0 Å². The summed E-state index contributed by atoms with van der Waals surface area (Å²) in [6, 6.07) is 22.4. The van der Waals surface area contributed by atoms with Crippen LogP contribution in [-0.2, 0) is 9.59 Å². The van der Waals surface area contributed by atoms with Crippen LogP contribution in [0.2, 0.25) is 0 Å². The maximum absolute atomic E-state index is 13.4. The molecule has 2 amide bonds. The smallest absolute Gasteiger partial charge is 0.283 e. The van der Waals surface area contributed by atoms with E-state index >= 15 is 0 Å². The van der Waals surface area contributed by atoms with Gasteiger partial charge in [-0.05, 0) is 73.5 Å². The monoisotopic (exact) mass is 430 g/mol. The van der Waals surface area contributed by atoms with Gasteiger partial charge < -0.3 is 10.1 Å². The molecule has 3 aromatic carbocycles. The first-order chi connectivity index (χ1) is 15.0. The van der Waals surface area contributed by atoms with Crippen molar-refractivity contribution in [2.24, 2.45) is 0 Å². The molecule has 0 atom stereocenters. The van der Waals surface area contributed by atoms with E-state index in [0.29, 0.717) is 16.3 Å². The molecule has 1 aliphatic rings. The summed E-state index contributed by atoms with van der Waals surface area (Å²) in [6.07, 6.45) is 0. The molecule has 31 heavy (non-hydrogen) atoms. The Bertz CT molecular complexity index is 1150. The van der Waals surface area contributed by atoms with Crippen molar-refractivity contribution >= 4 is 35.0 Å². The summed E-state index contributed by atoms with van der Waals surface area (Å²) in [6.45, 7) is 3.99. The van der Waals surface area contributed by atoms with E-state index in [1.807, 2.05) is 56.3 Å². The van der Waals surface area contributed by atoms with Gasteiger partial charge in [0.15, 0.2) is 0 Å². The maximum Gasteiger partial charge on any atom is 0.283 e. The molecule has 156 valence electrons. The minimum atomic E-state index is -0.382. The second-order valence-electron chi connectivity index (χ2n) is 7.26. The molecule has 0 aliphatic carbocycles. The number of hydrogen-bond donors (Lipinski definition) is 1. The number of anilines is 2. The number of rotatable bonds is 6. The third-order valence-electron chi connectivity index (χ3n) is 4.83. The highest BCUT2D eigenvalue weighted by Gasteiger charge is 2.40. The number of ether oxygens (including phenoxy) is 1. The molecule has 0 aromatic heterocycles. The Morgan fingerprint density at radius 3 is 2.10 bits per heavy atom. The van der Waals surface area contributed by atoms with Crippen LogP contribution in [0, 0.1) is 13.8 Å². The van der Waals surface area contributed by atoms with Crippen molar-refractivity contribution in [3.63, 3.8) is 0 Å². The standard InChI is InChI=1S/C25H22N2O3S/c1-16-13-17(2)15-18(14-16)26-22-23(31-21-7-5-4-6-8-21)25(29)27(24(22)28)19-9-11-20(30-3)12-10-19/h4-15,26H,1-3H3. The van der Waals surface area contributed by atoms with Crippen molar-refractivity contribution in [2.75, 3.05) is 17.3 Å². The zero-order valence-corrected chi connectivity index (χ0v) is 18.3. The van der Waals surface area contributed by atoms with E-state index in [2.05, 4.69) is 11.4 Å². The molecular formula is C25H22N2O3S. The number of aryl methyl sites for hydroxylation is 2. The van der Waals surface area contributed by atoms with Crippen LogP contribution >= 0.6 is 11.8 Å². The normalized spacial score (nSPS) is 13.7. The highest BCUT2D eigenvalue weighted by Crippen LogP contribution is 2.38. The Kier molecular flexibility index (Phi) is 5.82. The molecule has 0 bridgehead atoms. The summed E-state index contributed by atoms with van der Waals surface area (Å²) in [5.74, 6) is -0.0769. The third kappa shape index (κ3) is 4.34. The lowest BCUT2D eigenvalue weighted by molar-refractivity contribution is -0.120. The van der Waals surface area contributed by atoms with Crippen LogP contribution in [0.4, 0.5) is 11.4 Å². The highest BCUT2D eigenvalue weighted by atomic mass is 32.2. The number of nitrogens with one attached hydrogen (secondary N) is 1. The van der Waals surface area contributed by atoms with Crippen molar-refractivity contribution in [1.29, 1.82) is 0 Å². The number of hydrogen-bond acceptors (Lipinski definition) is 5. The van der Waals surface area contributed by atoms with E-state index < -0.39 is 0 Å². The molecular weight excluding hydrogens is 408 g/mol. The van der Waals surface area contributed by atoms with Gasteiger partial charge in [0, 0.05) is 10.6 Å². The van der Waals surface area contributed by atoms with Crippen LogP contribution in [-0.4, -0.2) is 18.9 Å². The largest absolute Gasteiger partial charge is 0.497 e. The SMILES string of the molecule is COc1ccc(N2C(=O)C(Nc3cc(C)cc(C)c3)=C(Sc3ccccc3)C2=O)cc1. The predicted molar refractivity (Wildman–Crippen MR) is 124 cm³/mol. The van der Waals surface area contributed by atoms with Gasteiger partial charge in [0.1, 0.15) is 16.4 Å². The van der Waals surface area contributed by atoms with Crippen molar-refractivity contribution < 1.29 is 14.3 Å². The molecule has 1 aliphatic heterocycles. The van der Waals surface area contributed by atoms with Crippen LogP contribution < -0.4 is 15.0 Å². The van der Waals surface area contributed by atoms with Crippen LogP contribution in [0.25, 0.3) is 0 Å². The predicted octanol–water partition coefficient (Wildman–Crippen LogP) is 5.30. The molecule has 0 fully saturated rings. The second kappa shape index (κ2) is 8.70. The summed E-state index contributed by atoms with van der Waals surface area (Å²) >= 11 is 1.29. The number of carbonyl (C=O) groups excluding carboxylic acids is 2.